The molecule has 0 spiro atoms. The van der Waals surface area contributed by atoms with Crippen LogP contribution in [0.5, 0.6) is 0 Å². The van der Waals surface area contributed by atoms with Crippen LogP contribution in [-0.2, 0) is 8.85 Å². The van der Waals surface area contributed by atoms with E-state index < -0.39 is 8.56 Å². The Labute approximate surface area is 88.4 Å². The largest absolute Gasteiger partial charge is 0.395 e. The molecule has 1 saturated heterocycles. The second-order valence-corrected chi connectivity index (χ2v) is 7.31. The van der Waals surface area contributed by atoms with E-state index in [2.05, 4.69) is 25.7 Å². The summed E-state index contributed by atoms with van der Waals surface area (Å²) in [4.78, 5) is 0. The van der Waals surface area contributed by atoms with Crippen LogP contribution in [0.25, 0.3) is 0 Å². The fraction of sp³-hybridized carbons (Fsp3) is 1.00. The molecule has 0 aromatic rings. The molecule has 1 N–H and O–H groups in total. The van der Waals surface area contributed by atoms with Crippen molar-refractivity contribution in [2.24, 2.45) is 0 Å². The van der Waals surface area contributed by atoms with Gasteiger partial charge in [0.25, 0.3) is 0 Å². The van der Waals surface area contributed by atoms with E-state index in [0.717, 1.165) is 32.2 Å². The maximum Gasteiger partial charge on any atom is 0.335 e. The Morgan fingerprint density at radius 3 is 2.93 bits per heavy atom. The lowest BCUT2D eigenvalue weighted by atomic mass is 10.3. The van der Waals surface area contributed by atoms with Gasteiger partial charge in [0.15, 0.2) is 0 Å². The Kier molecular flexibility index (Phi) is 5.09. The second kappa shape index (κ2) is 5.85. The van der Waals surface area contributed by atoms with Crippen LogP contribution in [-0.4, -0.2) is 34.4 Å². The van der Waals surface area contributed by atoms with Crippen molar-refractivity contribution in [3.05, 3.63) is 0 Å². The van der Waals surface area contributed by atoms with Crippen LogP contribution in [0.3, 0.4) is 0 Å². The standard InChI is InChI=1S/C10H23NO2Si/c1-4-10-9-11-7-6-8-14(3,13-10)12-5-2/h10-11H,4-9H2,1-3H3. The third-order valence-corrected chi connectivity index (χ3v) is 5.67. The average molecular weight is 217 g/mol. The molecular formula is C10H23NO2Si. The van der Waals surface area contributed by atoms with Crippen LogP contribution in [0.2, 0.25) is 12.6 Å². The Bertz CT molecular complexity index is 168. The van der Waals surface area contributed by atoms with Gasteiger partial charge in [-0.15, -0.1) is 0 Å². The van der Waals surface area contributed by atoms with E-state index in [1.807, 2.05) is 0 Å². The van der Waals surface area contributed by atoms with Crippen LogP contribution in [0.4, 0.5) is 0 Å². The van der Waals surface area contributed by atoms with Crippen molar-refractivity contribution < 1.29 is 8.85 Å². The smallest absolute Gasteiger partial charge is 0.335 e. The van der Waals surface area contributed by atoms with Gasteiger partial charge in [0, 0.05) is 13.2 Å². The lowest BCUT2D eigenvalue weighted by molar-refractivity contribution is 0.110. The van der Waals surface area contributed by atoms with Crippen molar-refractivity contribution in [2.75, 3.05) is 19.7 Å². The molecule has 84 valence electrons. The molecule has 1 fully saturated rings. The molecule has 0 bridgehead atoms. The molecule has 0 saturated carbocycles. The van der Waals surface area contributed by atoms with Crippen molar-refractivity contribution in [3.8, 4) is 0 Å². The van der Waals surface area contributed by atoms with Crippen LogP contribution in [0.1, 0.15) is 26.7 Å². The molecule has 0 aromatic carbocycles. The zero-order valence-corrected chi connectivity index (χ0v) is 10.6. The molecule has 2 unspecified atom stereocenters. The summed E-state index contributed by atoms with van der Waals surface area (Å²) in [5.74, 6) is 0. The minimum Gasteiger partial charge on any atom is -0.395 e. The molecule has 1 aliphatic heterocycles. The van der Waals surface area contributed by atoms with Gasteiger partial charge in [-0.25, -0.2) is 0 Å². The summed E-state index contributed by atoms with van der Waals surface area (Å²) in [7, 11) is -1.84. The van der Waals surface area contributed by atoms with Gasteiger partial charge in [-0.2, -0.15) is 0 Å². The second-order valence-electron chi connectivity index (χ2n) is 4.02. The van der Waals surface area contributed by atoms with Gasteiger partial charge in [-0.05, 0) is 38.9 Å². The molecule has 0 amide bonds. The van der Waals surface area contributed by atoms with E-state index in [1.54, 1.807) is 0 Å². The van der Waals surface area contributed by atoms with Crippen LogP contribution in [0, 0.1) is 0 Å². The van der Waals surface area contributed by atoms with E-state index in [9.17, 15) is 0 Å². The first-order valence-corrected chi connectivity index (χ1v) is 8.25. The Morgan fingerprint density at radius 2 is 2.29 bits per heavy atom. The molecule has 0 aliphatic carbocycles. The summed E-state index contributed by atoms with van der Waals surface area (Å²) < 4.78 is 11.9. The van der Waals surface area contributed by atoms with Crippen molar-refractivity contribution in [1.82, 2.24) is 5.32 Å². The maximum absolute atomic E-state index is 6.12. The first kappa shape index (κ1) is 12.2. The maximum atomic E-state index is 6.12. The highest BCUT2D eigenvalue weighted by atomic mass is 28.4. The number of nitrogens with one attached hydrogen (secondary N) is 1. The number of rotatable bonds is 3. The number of hydrogen-bond donors (Lipinski definition) is 1. The predicted octanol–water partition coefficient (Wildman–Crippen LogP) is 1.88. The summed E-state index contributed by atoms with van der Waals surface area (Å²) in [6.07, 6.45) is 2.60. The number of hydrogen-bond acceptors (Lipinski definition) is 3. The zero-order chi connectivity index (χ0) is 10.4. The summed E-state index contributed by atoms with van der Waals surface area (Å²) in [6.45, 7) is 9.30. The van der Waals surface area contributed by atoms with Gasteiger partial charge >= 0.3 is 8.56 Å². The molecule has 1 aliphatic rings. The third kappa shape index (κ3) is 3.69. The molecule has 2 atom stereocenters. The van der Waals surface area contributed by atoms with Crippen molar-refractivity contribution in [3.63, 3.8) is 0 Å². The van der Waals surface area contributed by atoms with E-state index in [1.165, 1.54) is 6.42 Å². The van der Waals surface area contributed by atoms with Crippen molar-refractivity contribution in [1.29, 1.82) is 0 Å². The van der Waals surface area contributed by atoms with Crippen LogP contribution >= 0.6 is 0 Å². The van der Waals surface area contributed by atoms with Gasteiger partial charge < -0.3 is 14.2 Å². The fourth-order valence-corrected chi connectivity index (χ4v) is 4.60. The molecule has 4 heteroatoms. The van der Waals surface area contributed by atoms with Crippen molar-refractivity contribution >= 4 is 8.56 Å². The molecule has 1 rings (SSSR count). The lowest BCUT2D eigenvalue weighted by Gasteiger charge is -2.33. The summed E-state index contributed by atoms with van der Waals surface area (Å²) >= 11 is 0. The van der Waals surface area contributed by atoms with Crippen molar-refractivity contribution in [2.45, 2.75) is 45.4 Å². The van der Waals surface area contributed by atoms with E-state index in [-0.39, 0.29) is 0 Å². The topological polar surface area (TPSA) is 30.5 Å². The van der Waals surface area contributed by atoms with Crippen LogP contribution in [0.15, 0.2) is 0 Å². The predicted molar refractivity (Wildman–Crippen MR) is 60.7 cm³/mol. The quantitative estimate of drug-likeness (QED) is 0.732. The molecule has 3 nitrogen and oxygen atoms in total. The highest BCUT2D eigenvalue weighted by Crippen LogP contribution is 2.20. The summed E-state index contributed by atoms with van der Waals surface area (Å²) in [6, 6.07) is 1.12. The van der Waals surface area contributed by atoms with E-state index in [4.69, 9.17) is 8.85 Å². The zero-order valence-electron chi connectivity index (χ0n) is 9.64. The molecule has 1 heterocycles. The van der Waals surface area contributed by atoms with Gasteiger partial charge in [0.1, 0.15) is 0 Å². The van der Waals surface area contributed by atoms with Gasteiger partial charge in [0.2, 0.25) is 0 Å². The van der Waals surface area contributed by atoms with Gasteiger partial charge in [-0.3, -0.25) is 0 Å². The fourth-order valence-electron chi connectivity index (χ4n) is 1.89. The Hall–Kier alpha value is 0.0969. The first-order valence-electron chi connectivity index (χ1n) is 5.72. The SMILES string of the molecule is CCO[Si]1(C)CCCNCC(CC)O1. The monoisotopic (exact) mass is 217 g/mol. The van der Waals surface area contributed by atoms with E-state index >= 15 is 0 Å². The third-order valence-electron chi connectivity index (χ3n) is 2.68. The Balaban J connectivity index is 2.52. The van der Waals surface area contributed by atoms with E-state index in [0.29, 0.717) is 6.10 Å². The van der Waals surface area contributed by atoms with Crippen LogP contribution < -0.4 is 5.32 Å². The average Bonchev–Trinajstić information content (AvgIpc) is 2.12. The Morgan fingerprint density at radius 1 is 1.50 bits per heavy atom. The normalized spacial score (nSPS) is 34.9. The first-order chi connectivity index (χ1) is 6.70. The molecule has 14 heavy (non-hydrogen) atoms. The summed E-state index contributed by atoms with van der Waals surface area (Å²) in [5.41, 5.74) is 0. The summed E-state index contributed by atoms with van der Waals surface area (Å²) in [5, 5.41) is 3.41. The van der Waals surface area contributed by atoms with Gasteiger partial charge in [0.05, 0.1) is 6.10 Å². The molecule has 0 radical (unpaired) electrons. The highest BCUT2D eigenvalue weighted by molar-refractivity contribution is 6.66. The molecular weight excluding hydrogens is 194 g/mol. The lowest BCUT2D eigenvalue weighted by Crippen LogP contribution is -2.47. The van der Waals surface area contributed by atoms with Gasteiger partial charge in [-0.1, -0.05) is 6.92 Å². The highest BCUT2D eigenvalue weighted by Gasteiger charge is 2.34. The minimum atomic E-state index is -1.84. The minimum absolute atomic E-state index is 0.346. The molecule has 0 aromatic heterocycles.